The van der Waals surface area contributed by atoms with E-state index in [0.29, 0.717) is 29.1 Å². The van der Waals surface area contributed by atoms with Gasteiger partial charge in [0.25, 0.3) is 10.0 Å². The first-order valence-corrected chi connectivity index (χ1v) is 15.4. The molecule has 2 heterocycles. The molecule has 0 N–H and O–H groups in total. The number of sulfonamides is 1. The van der Waals surface area contributed by atoms with Crippen LogP contribution in [0.15, 0.2) is 65.6 Å². The van der Waals surface area contributed by atoms with E-state index in [1.165, 1.54) is 21.3 Å². The largest absolute Gasteiger partial charge is 0.459 e. The molecule has 42 heavy (non-hydrogen) atoms. The average molecular weight is 612 g/mol. The normalized spacial score (nSPS) is 17.0. The Kier molecular flexibility index (Phi) is 8.30. The summed E-state index contributed by atoms with van der Waals surface area (Å²) in [4.78, 5) is 28.5. The molecule has 0 aromatic heterocycles. The fourth-order valence-electron chi connectivity index (χ4n) is 5.53. The molecule has 8 nitrogen and oxygen atoms in total. The third kappa shape index (κ3) is 5.61. The van der Waals surface area contributed by atoms with Crippen molar-refractivity contribution in [3.05, 3.63) is 88.2 Å². The van der Waals surface area contributed by atoms with Crippen molar-refractivity contribution in [2.24, 2.45) is 0 Å². The Labute approximate surface area is 250 Å². The Morgan fingerprint density at radius 2 is 1.81 bits per heavy atom. The van der Waals surface area contributed by atoms with Crippen LogP contribution < -0.4 is 9.21 Å². The molecule has 1 fully saturated rings. The van der Waals surface area contributed by atoms with Gasteiger partial charge in [-0.15, -0.1) is 0 Å². The van der Waals surface area contributed by atoms with Crippen molar-refractivity contribution in [2.45, 2.75) is 31.7 Å². The highest BCUT2D eigenvalue weighted by atomic mass is 35.5. The van der Waals surface area contributed by atoms with Crippen LogP contribution in [0.25, 0.3) is 11.6 Å². The molecular formula is C31H31ClFN3O5S. The number of nitrogens with zero attached hydrogens (tertiary/aromatic N) is 3. The minimum atomic E-state index is -4.01. The standard InChI is InChI=1S/C31H31ClFN3O5S/c1-4-41-31(38)30(37)34-13-14-35-23(18-34)19-36(42(39,40)24-8-5-7-20(2)15-24)28-17-22(11-12-27(28)35)16-21(3)29-25(32)9-6-10-26(29)33/h5-12,15-17,23H,4,13-14,18-19H2,1-3H3/b21-16+/t23-/m0/s1. The quantitative estimate of drug-likeness (QED) is 0.226. The van der Waals surface area contributed by atoms with Crippen molar-refractivity contribution >= 4 is 56.5 Å². The SMILES string of the molecule is CCOC(=O)C(=O)N1CCN2c3ccc(/C=C(\C)c4c(F)cccc4Cl)cc3N(S(=O)(=O)c3cccc(C)c3)C[C@@H]2C1. The van der Waals surface area contributed by atoms with E-state index in [2.05, 4.69) is 4.90 Å². The number of hydrogen-bond acceptors (Lipinski definition) is 6. The van der Waals surface area contributed by atoms with E-state index in [4.69, 9.17) is 16.3 Å². The van der Waals surface area contributed by atoms with Crippen LogP contribution in [0, 0.1) is 12.7 Å². The minimum Gasteiger partial charge on any atom is -0.459 e. The molecular weight excluding hydrogens is 581 g/mol. The highest BCUT2D eigenvalue weighted by molar-refractivity contribution is 7.92. The molecule has 3 aromatic rings. The van der Waals surface area contributed by atoms with Crippen molar-refractivity contribution < 1.29 is 27.1 Å². The summed E-state index contributed by atoms with van der Waals surface area (Å²) >= 11 is 6.29. The van der Waals surface area contributed by atoms with E-state index >= 15 is 0 Å². The maximum absolute atomic E-state index is 14.6. The molecule has 220 valence electrons. The second-order valence-electron chi connectivity index (χ2n) is 10.3. The Morgan fingerprint density at radius 3 is 2.52 bits per heavy atom. The summed E-state index contributed by atoms with van der Waals surface area (Å²) in [5.41, 5.74) is 3.50. The molecule has 0 aliphatic carbocycles. The van der Waals surface area contributed by atoms with Crippen LogP contribution >= 0.6 is 11.6 Å². The third-order valence-corrected chi connectivity index (χ3v) is 9.58. The molecule has 5 rings (SSSR count). The highest BCUT2D eigenvalue weighted by Gasteiger charge is 2.41. The second kappa shape index (κ2) is 11.8. The summed E-state index contributed by atoms with van der Waals surface area (Å²) in [7, 11) is -4.01. The van der Waals surface area contributed by atoms with Crippen LogP contribution in [0.2, 0.25) is 5.02 Å². The number of hydrogen-bond donors (Lipinski definition) is 0. The molecule has 0 unspecified atom stereocenters. The van der Waals surface area contributed by atoms with E-state index in [9.17, 15) is 22.4 Å². The highest BCUT2D eigenvalue weighted by Crippen LogP contribution is 2.41. The van der Waals surface area contributed by atoms with Gasteiger partial charge in [0.1, 0.15) is 5.82 Å². The maximum atomic E-state index is 14.6. The van der Waals surface area contributed by atoms with E-state index < -0.39 is 33.8 Å². The van der Waals surface area contributed by atoms with Crippen molar-refractivity contribution in [1.82, 2.24) is 4.90 Å². The van der Waals surface area contributed by atoms with Crippen molar-refractivity contribution in [3.63, 3.8) is 0 Å². The lowest BCUT2D eigenvalue weighted by Crippen LogP contribution is -2.62. The molecule has 0 spiro atoms. The minimum absolute atomic E-state index is 0.0567. The van der Waals surface area contributed by atoms with Crippen LogP contribution in [0.1, 0.15) is 30.5 Å². The number of amides is 1. The molecule has 1 saturated heterocycles. The third-order valence-electron chi connectivity index (χ3n) is 7.49. The second-order valence-corrected chi connectivity index (χ2v) is 12.6. The summed E-state index contributed by atoms with van der Waals surface area (Å²) in [5, 5.41) is 0.281. The lowest BCUT2D eigenvalue weighted by molar-refractivity contribution is -0.160. The fraction of sp³-hybridized carbons (Fsp3) is 0.290. The topological polar surface area (TPSA) is 87.2 Å². The zero-order chi connectivity index (χ0) is 30.2. The zero-order valence-corrected chi connectivity index (χ0v) is 25.1. The summed E-state index contributed by atoms with van der Waals surface area (Å²) in [6.45, 7) is 6.19. The van der Waals surface area contributed by atoms with E-state index in [-0.39, 0.29) is 41.7 Å². The molecule has 1 atom stereocenters. The van der Waals surface area contributed by atoms with Crippen molar-refractivity contribution in [3.8, 4) is 0 Å². The summed E-state index contributed by atoms with van der Waals surface area (Å²) in [6.07, 6.45) is 1.77. The molecule has 0 bridgehead atoms. The summed E-state index contributed by atoms with van der Waals surface area (Å²) in [6, 6.07) is 16.2. The molecule has 2 aliphatic rings. The number of ether oxygens (including phenoxy) is 1. The number of benzene rings is 3. The first-order chi connectivity index (χ1) is 20.0. The zero-order valence-electron chi connectivity index (χ0n) is 23.5. The number of carbonyl (C=O) groups is 2. The summed E-state index contributed by atoms with van der Waals surface area (Å²) in [5.74, 6) is -2.11. The average Bonchev–Trinajstić information content (AvgIpc) is 2.96. The van der Waals surface area contributed by atoms with Crippen LogP contribution in [0.5, 0.6) is 0 Å². The molecule has 3 aromatic carbocycles. The van der Waals surface area contributed by atoms with Gasteiger partial charge in [-0.1, -0.05) is 41.9 Å². The Morgan fingerprint density at radius 1 is 1.05 bits per heavy atom. The number of fused-ring (bicyclic) bond motifs is 3. The van der Waals surface area contributed by atoms with Crippen LogP contribution in [0.3, 0.4) is 0 Å². The molecule has 2 aliphatic heterocycles. The van der Waals surface area contributed by atoms with E-state index in [0.717, 1.165) is 5.56 Å². The maximum Gasteiger partial charge on any atom is 0.397 e. The van der Waals surface area contributed by atoms with Gasteiger partial charge in [0.2, 0.25) is 0 Å². The molecule has 11 heteroatoms. The van der Waals surface area contributed by atoms with Gasteiger partial charge < -0.3 is 14.5 Å². The Balaban J connectivity index is 1.57. The number of esters is 1. The van der Waals surface area contributed by atoms with Gasteiger partial charge in [-0.05, 0) is 73.9 Å². The number of carbonyl (C=O) groups excluding carboxylic acids is 2. The van der Waals surface area contributed by atoms with Gasteiger partial charge in [-0.3, -0.25) is 9.10 Å². The van der Waals surface area contributed by atoms with Crippen LogP contribution in [0.4, 0.5) is 15.8 Å². The number of anilines is 2. The van der Waals surface area contributed by atoms with E-state index in [1.807, 2.05) is 25.1 Å². The lowest BCUT2D eigenvalue weighted by Gasteiger charge is -2.48. The van der Waals surface area contributed by atoms with Crippen LogP contribution in [-0.4, -0.2) is 64.0 Å². The van der Waals surface area contributed by atoms with Crippen LogP contribution in [-0.2, 0) is 24.3 Å². The van der Waals surface area contributed by atoms with Gasteiger partial charge in [0.05, 0.1) is 40.5 Å². The number of allylic oxidation sites excluding steroid dienone is 1. The summed E-state index contributed by atoms with van der Waals surface area (Å²) < 4.78 is 49.1. The monoisotopic (exact) mass is 611 g/mol. The molecule has 0 radical (unpaired) electrons. The smallest absolute Gasteiger partial charge is 0.397 e. The number of halogens is 2. The molecule has 1 amide bonds. The number of aryl methyl sites for hydroxylation is 1. The number of piperazine rings is 1. The van der Waals surface area contributed by atoms with Gasteiger partial charge in [-0.25, -0.2) is 17.6 Å². The Bertz CT molecular complexity index is 1670. The predicted octanol–water partition coefficient (Wildman–Crippen LogP) is 5.14. The van der Waals surface area contributed by atoms with E-state index in [1.54, 1.807) is 50.3 Å². The van der Waals surface area contributed by atoms with Crippen molar-refractivity contribution in [2.75, 3.05) is 42.0 Å². The fourth-order valence-corrected chi connectivity index (χ4v) is 7.45. The van der Waals surface area contributed by atoms with Gasteiger partial charge >= 0.3 is 11.9 Å². The van der Waals surface area contributed by atoms with Gasteiger partial charge in [0, 0.05) is 25.2 Å². The first kappa shape index (κ1) is 29.6. The first-order valence-electron chi connectivity index (χ1n) is 13.6. The van der Waals surface area contributed by atoms with Gasteiger partial charge in [0.15, 0.2) is 0 Å². The Hall–Kier alpha value is -3.89. The predicted molar refractivity (Wildman–Crippen MR) is 161 cm³/mol. The van der Waals surface area contributed by atoms with Gasteiger partial charge in [-0.2, -0.15) is 0 Å². The molecule has 0 saturated carbocycles. The lowest BCUT2D eigenvalue weighted by atomic mass is 10.0. The number of rotatable bonds is 5. The van der Waals surface area contributed by atoms with Crippen molar-refractivity contribution in [1.29, 1.82) is 0 Å².